The number of carbonyl (C=O) groups excluding carboxylic acids is 1. The monoisotopic (exact) mass is 205 g/mol. The lowest BCUT2D eigenvalue weighted by atomic mass is 9.99. The lowest BCUT2D eigenvalue weighted by Gasteiger charge is -2.06. The summed E-state index contributed by atoms with van der Waals surface area (Å²) in [5.41, 5.74) is 2.06. The Kier molecular flexibility index (Phi) is 5.05. The molecule has 0 fully saturated rings. The van der Waals surface area contributed by atoms with E-state index in [0.29, 0.717) is 6.42 Å². The fraction of sp³-hybridized carbons (Fsp3) is 0.462. The predicted octanol–water partition coefficient (Wildman–Crippen LogP) is 2.43. The van der Waals surface area contributed by atoms with Gasteiger partial charge in [0.25, 0.3) is 0 Å². The summed E-state index contributed by atoms with van der Waals surface area (Å²) >= 11 is 0. The van der Waals surface area contributed by atoms with E-state index in [2.05, 4.69) is 12.2 Å². The number of aryl methyl sites for hydroxylation is 1. The van der Waals surface area contributed by atoms with Gasteiger partial charge >= 0.3 is 0 Å². The summed E-state index contributed by atoms with van der Waals surface area (Å²) in [5.74, 6) is 0.266. The highest BCUT2D eigenvalue weighted by atomic mass is 16.1. The normalized spacial score (nSPS) is 10.3. The molecular formula is C13H19NO. The van der Waals surface area contributed by atoms with Crippen molar-refractivity contribution in [3.8, 4) is 0 Å². The first-order valence-corrected chi connectivity index (χ1v) is 5.55. The van der Waals surface area contributed by atoms with Gasteiger partial charge in [-0.1, -0.05) is 31.2 Å². The zero-order valence-electron chi connectivity index (χ0n) is 9.55. The molecule has 1 rings (SSSR count). The van der Waals surface area contributed by atoms with Gasteiger partial charge in [0.05, 0.1) is 0 Å². The first-order chi connectivity index (χ1) is 7.29. The number of carbonyl (C=O) groups is 1. The molecule has 15 heavy (non-hydrogen) atoms. The van der Waals surface area contributed by atoms with Gasteiger partial charge in [-0.15, -0.1) is 0 Å². The first-order valence-electron chi connectivity index (χ1n) is 5.55. The minimum atomic E-state index is 0.266. The van der Waals surface area contributed by atoms with Gasteiger partial charge in [-0.2, -0.15) is 0 Å². The molecule has 2 nitrogen and oxygen atoms in total. The third kappa shape index (κ3) is 3.48. The van der Waals surface area contributed by atoms with E-state index in [9.17, 15) is 4.79 Å². The highest BCUT2D eigenvalue weighted by Gasteiger charge is 2.08. The molecule has 0 heterocycles. The second kappa shape index (κ2) is 6.36. The summed E-state index contributed by atoms with van der Waals surface area (Å²) in [5, 5.41) is 3.05. The van der Waals surface area contributed by atoms with Crippen molar-refractivity contribution in [1.82, 2.24) is 5.32 Å². The Balaban J connectivity index is 2.64. The van der Waals surface area contributed by atoms with Gasteiger partial charge < -0.3 is 5.32 Å². The lowest BCUT2D eigenvalue weighted by molar-refractivity contribution is 0.0979. The van der Waals surface area contributed by atoms with Crippen molar-refractivity contribution in [3.63, 3.8) is 0 Å². The van der Waals surface area contributed by atoms with Crippen LogP contribution in [0.4, 0.5) is 0 Å². The SMILES string of the molecule is CCc1ccccc1C(=O)CCCNC. The van der Waals surface area contributed by atoms with Gasteiger partial charge in [0.1, 0.15) is 0 Å². The van der Waals surface area contributed by atoms with Crippen molar-refractivity contribution in [2.75, 3.05) is 13.6 Å². The van der Waals surface area contributed by atoms with Gasteiger partial charge in [0.2, 0.25) is 0 Å². The smallest absolute Gasteiger partial charge is 0.163 e. The number of hydrogen-bond donors (Lipinski definition) is 1. The van der Waals surface area contributed by atoms with Crippen LogP contribution >= 0.6 is 0 Å². The van der Waals surface area contributed by atoms with Crippen LogP contribution in [-0.4, -0.2) is 19.4 Å². The van der Waals surface area contributed by atoms with E-state index in [4.69, 9.17) is 0 Å². The molecule has 0 aliphatic carbocycles. The fourth-order valence-corrected chi connectivity index (χ4v) is 1.66. The van der Waals surface area contributed by atoms with Crippen LogP contribution in [0.3, 0.4) is 0 Å². The first kappa shape index (κ1) is 11.9. The molecule has 1 aromatic rings. The molecule has 0 aliphatic rings. The summed E-state index contributed by atoms with van der Waals surface area (Å²) in [6.07, 6.45) is 2.47. The van der Waals surface area contributed by atoms with Crippen LogP contribution in [0.2, 0.25) is 0 Å². The van der Waals surface area contributed by atoms with Crippen LogP contribution in [0.25, 0.3) is 0 Å². The molecule has 2 heteroatoms. The number of nitrogens with one attached hydrogen (secondary N) is 1. The van der Waals surface area contributed by atoms with Gasteiger partial charge in [-0.3, -0.25) is 4.79 Å². The van der Waals surface area contributed by atoms with E-state index in [0.717, 1.165) is 30.5 Å². The van der Waals surface area contributed by atoms with Crippen molar-refractivity contribution in [2.45, 2.75) is 26.2 Å². The zero-order chi connectivity index (χ0) is 11.1. The van der Waals surface area contributed by atoms with Crippen LogP contribution in [0.5, 0.6) is 0 Å². The second-order valence-electron chi connectivity index (χ2n) is 3.64. The van der Waals surface area contributed by atoms with E-state index in [1.54, 1.807) is 0 Å². The van der Waals surface area contributed by atoms with Crippen LogP contribution < -0.4 is 5.32 Å². The average Bonchev–Trinajstić information content (AvgIpc) is 2.29. The fourth-order valence-electron chi connectivity index (χ4n) is 1.66. The molecular weight excluding hydrogens is 186 g/mol. The molecule has 0 atom stereocenters. The quantitative estimate of drug-likeness (QED) is 0.571. The van der Waals surface area contributed by atoms with Crippen molar-refractivity contribution in [1.29, 1.82) is 0 Å². The lowest BCUT2D eigenvalue weighted by Crippen LogP contribution is -2.10. The third-order valence-corrected chi connectivity index (χ3v) is 2.53. The molecule has 0 aliphatic heterocycles. The Morgan fingerprint density at radius 1 is 1.33 bits per heavy atom. The molecule has 0 saturated carbocycles. The largest absolute Gasteiger partial charge is 0.320 e. The van der Waals surface area contributed by atoms with Gasteiger partial charge in [-0.05, 0) is 32.0 Å². The van der Waals surface area contributed by atoms with E-state index < -0.39 is 0 Å². The van der Waals surface area contributed by atoms with Crippen LogP contribution in [-0.2, 0) is 6.42 Å². The standard InChI is InChI=1S/C13H19NO/c1-3-11-7-4-5-8-12(11)13(15)9-6-10-14-2/h4-5,7-8,14H,3,6,9-10H2,1-2H3. The highest BCUT2D eigenvalue weighted by Crippen LogP contribution is 2.12. The minimum Gasteiger partial charge on any atom is -0.320 e. The molecule has 1 N–H and O–H groups in total. The maximum Gasteiger partial charge on any atom is 0.163 e. The molecule has 0 bridgehead atoms. The molecule has 0 radical (unpaired) electrons. The number of hydrogen-bond acceptors (Lipinski definition) is 2. The van der Waals surface area contributed by atoms with Crippen molar-refractivity contribution in [2.24, 2.45) is 0 Å². The van der Waals surface area contributed by atoms with Crippen LogP contribution in [0.1, 0.15) is 35.7 Å². The second-order valence-corrected chi connectivity index (χ2v) is 3.64. The average molecular weight is 205 g/mol. The number of benzene rings is 1. The van der Waals surface area contributed by atoms with Crippen molar-refractivity contribution >= 4 is 5.78 Å². The summed E-state index contributed by atoms with van der Waals surface area (Å²) in [6.45, 7) is 2.99. The Morgan fingerprint density at radius 3 is 2.73 bits per heavy atom. The van der Waals surface area contributed by atoms with E-state index in [-0.39, 0.29) is 5.78 Å². The molecule has 0 amide bonds. The summed E-state index contributed by atoms with van der Waals surface area (Å²) in [4.78, 5) is 11.9. The summed E-state index contributed by atoms with van der Waals surface area (Å²) in [7, 11) is 1.91. The molecule has 1 aromatic carbocycles. The maximum absolute atomic E-state index is 11.9. The van der Waals surface area contributed by atoms with Crippen LogP contribution in [0, 0.1) is 0 Å². The number of rotatable bonds is 6. The van der Waals surface area contributed by atoms with E-state index in [1.165, 1.54) is 0 Å². The summed E-state index contributed by atoms with van der Waals surface area (Å²) < 4.78 is 0. The number of ketones is 1. The molecule has 0 saturated heterocycles. The topological polar surface area (TPSA) is 29.1 Å². The van der Waals surface area contributed by atoms with E-state index in [1.807, 2.05) is 31.3 Å². The molecule has 0 aromatic heterocycles. The molecule has 0 unspecified atom stereocenters. The highest BCUT2D eigenvalue weighted by molar-refractivity contribution is 5.97. The number of Topliss-reactive ketones (excluding diaryl/α,β-unsaturated/α-hetero) is 1. The molecule has 82 valence electrons. The Morgan fingerprint density at radius 2 is 2.07 bits per heavy atom. The van der Waals surface area contributed by atoms with Gasteiger partial charge in [0.15, 0.2) is 5.78 Å². The maximum atomic E-state index is 11.9. The third-order valence-electron chi connectivity index (χ3n) is 2.53. The Hall–Kier alpha value is -1.15. The van der Waals surface area contributed by atoms with E-state index >= 15 is 0 Å². The van der Waals surface area contributed by atoms with Gasteiger partial charge in [-0.25, -0.2) is 0 Å². The predicted molar refractivity (Wildman–Crippen MR) is 63.3 cm³/mol. The summed E-state index contributed by atoms with van der Waals surface area (Å²) in [6, 6.07) is 7.89. The zero-order valence-corrected chi connectivity index (χ0v) is 9.55. The van der Waals surface area contributed by atoms with Gasteiger partial charge in [0, 0.05) is 12.0 Å². The molecule has 0 spiro atoms. The van der Waals surface area contributed by atoms with Crippen LogP contribution in [0.15, 0.2) is 24.3 Å². The minimum absolute atomic E-state index is 0.266. The van der Waals surface area contributed by atoms with Crippen molar-refractivity contribution < 1.29 is 4.79 Å². The Bertz CT molecular complexity index is 320. The Labute approximate surface area is 91.7 Å². The van der Waals surface area contributed by atoms with Crippen molar-refractivity contribution in [3.05, 3.63) is 35.4 Å².